The van der Waals surface area contributed by atoms with Crippen molar-refractivity contribution < 1.29 is 27.9 Å². The molecule has 0 heterocycles. The number of halogens is 3. The molecule has 0 aromatic heterocycles. The van der Waals surface area contributed by atoms with E-state index in [2.05, 4.69) is 5.32 Å². The monoisotopic (exact) mass is 270 g/mol. The molecule has 0 aliphatic heterocycles. The van der Waals surface area contributed by atoms with E-state index >= 15 is 0 Å². The van der Waals surface area contributed by atoms with Crippen molar-refractivity contribution in [1.29, 1.82) is 0 Å². The van der Waals surface area contributed by atoms with Crippen molar-refractivity contribution in [2.24, 2.45) is 0 Å². The van der Waals surface area contributed by atoms with Crippen LogP contribution in [-0.2, 0) is 4.79 Å². The minimum absolute atomic E-state index is 0.0520. The number of carboxylic acid groups (broad SMARTS) is 1. The molecule has 0 saturated heterocycles. The van der Waals surface area contributed by atoms with E-state index in [1.54, 1.807) is 0 Å². The molecule has 1 atom stereocenters. The van der Waals surface area contributed by atoms with Crippen LogP contribution in [0.4, 0.5) is 18.0 Å². The van der Waals surface area contributed by atoms with Gasteiger partial charge in [-0.2, -0.15) is 13.2 Å². The molecule has 0 fully saturated rings. The lowest BCUT2D eigenvalue weighted by Gasteiger charge is -2.23. The molecular weight excluding hydrogens is 253 g/mol. The second-order valence-corrected chi connectivity index (χ2v) is 3.94. The van der Waals surface area contributed by atoms with Gasteiger partial charge in [-0.15, -0.1) is 0 Å². The summed E-state index contributed by atoms with van der Waals surface area (Å²) in [7, 11) is 1.33. The summed E-state index contributed by atoms with van der Waals surface area (Å²) in [5, 5.41) is 10.6. The SMILES string of the molecule is CCC(CC(F)(F)F)NC(=O)N(C)CCC(=O)O. The summed E-state index contributed by atoms with van der Waals surface area (Å²) < 4.78 is 36.5. The van der Waals surface area contributed by atoms with Gasteiger partial charge in [-0.05, 0) is 6.42 Å². The van der Waals surface area contributed by atoms with E-state index in [-0.39, 0.29) is 19.4 Å². The van der Waals surface area contributed by atoms with Gasteiger partial charge >= 0.3 is 18.2 Å². The summed E-state index contributed by atoms with van der Waals surface area (Å²) in [4.78, 5) is 22.8. The average molecular weight is 270 g/mol. The number of nitrogens with one attached hydrogen (secondary N) is 1. The van der Waals surface area contributed by atoms with Gasteiger partial charge in [0.2, 0.25) is 0 Å². The standard InChI is InChI=1S/C10H17F3N2O3/c1-3-7(6-10(11,12)13)14-9(18)15(2)5-4-8(16)17/h7H,3-6H2,1-2H3,(H,14,18)(H,16,17). The third kappa shape index (κ3) is 7.75. The predicted molar refractivity (Wildman–Crippen MR) is 58.2 cm³/mol. The Labute approximate surface area is 103 Å². The maximum absolute atomic E-state index is 12.2. The highest BCUT2D eigenvalue weighted by Crippen LogP contribution is 2.22. The van der Waals surface area contributed by atoms with Crippen molar-refractivity contribution in [3.05, 3.63) is 0 Å². The molecule has 8 heteroatoms. The Hall–Kier alpha value is -1.47. The number of rotatable bonds is 6. The van der Waals surface area contributed by atoms with Gasteiger partial charge in [0.15, 0.2) is 0 Å². The maximum Gasteiger partial charge on any atom is 0.391 e. The zero-order valence-electron chi connectivity index (χ0n) is 10.3. The Bertz CT molecular complexity index is 295. The maximum atomic E-state index is 12.2. The number of alkyl halides is 3. The molecule has 0 aliphatic carbocycles. The van der Waals surface area contributed by atoms with Crippen molar-refractivity contribution in [1.82, 2.24) is 10.2 Å². The third-order valence-corrected chi connectivity index (χ3v) is 2.31. The number of amides is 2. The molecule has 0 aromatic carbocycles. The van der Waals surface area contributed by atoms with Gasteiger partial charge in [0, 0.05) is 19.6 Å². The van der Waals surface area contributed by atoms with E-state index in [1.807, 2.05) is 0 Å². The Kier molecular flexibility index (Phi) is 6.50. The number of hydrogen-bond acceptors (Lipinski definition) is 2. The number of carbonyl (C=O) groups is 2. The van der Waals surface area contributed by atoms with Crippen LogP contribution in [0.5, 0.6) is 0 Å². The first-order valence-corrected chi connectivity index (χ1v) is 5.46. The fraction of sp³-hybridized carbons (Fsp3) is 0.800. The topological polar surface area (TPSA) is 69.6 Å². The normalized spacial score (nSPS) is 12.9. The van der Waals surface area contributed by atoms with Gasteiger partial charge in [-0.3, -0.25) is 4.79 Å². The lowest BCUT2D eigenvalue weighted by molar-refractivity contribution is -0.139. The molecular formula is C10H17F3N2O3. The molecule has 0 aromatic rings. The molecule has 2 amide bonds. The second-order valence-electron chi connectivity index (χ2n) is 3.94. The van der Waals surface area contributed by atoms with Crippen LogP contribution in [0.2, 0.25) is 0 Å². The highest BCUT2D eigenvalue weighted by atomic mass is 19.4. The first kappa shape index (κ1) is 16.5. The van der Waals surface area contributed by atoms with Crippen molar-refractivity contribution in [2.45, 2.75) is 38.4 Å². The lowest BCUT2D eigenvalue weighted by Crippen LogP contribution is -2.45. The quantitative estimate of drug-likeness (QED) is 0.773. The number of carbonyl (C=O) groups excluding carboxylic acids is 1. The summed E-state index contributed by atoms with van der Waals surface area (Å²) in [5.41, 5.74) is 0. The highest BCUT2D eigenvalue weighted by molar-refractivity contribution is 5.75. The number of carboxylic acids is 1. The fourth-order valence-corrected chi connectivity index (χ4v) is 1.23. The Morgan fingerprint density at radius 3 is 2.33 bits per heavy atom. The van der Waals surface area contributed by atoms with Gasteiger partial charge in [0.25, 0.3) is 0 Å². The van der Waals surface area contributed by atoms with Gasteiger partial charge in [0.05, 0.1) is 12.8 Å². The van der Waals surface area contributed by atoms with E-state index in [1.165, 1.54) is 14.0 Å². The second kappa shape index (κ2) is 7.07. The number of hydrogen-bond donors (Lipinski definition) is 2. The average Bonchev–Trinajstić information content (AvgIpc) is 2.22. The molecule has 0 spiro atoms. The molecule has 106 valence electrons. The lowest BCUT2D eigenvalue weighted by atomic mass is 10.1. The van der Waals surface area contributed by atoms with Crippen LogP contribution in [0.3, 0.4) is 0 Å². The third-order valence-electron chi connectivity index (χ3n) is 2.31. The number of urea groups is 1. The molecule has 0 radical (unpaired) electrons. The minimum Gasteiger partial charge on any atom is -0.481 e. The van der Waals surface area contributed by atoms with E-state index < -0.39 is 30.6 Å². The van der Waals surface area contributed by atoms with Gasteiger partial charge < -0.3 is 15.3 Å². The summed E-state index contributed by atoms with van der Waals surface area (Å²) in [6.07, 6.45) is -5.53. The molecule has 0 rings (SSSR count). The van der Waals surface area contributed by atoms with E-state index in [9.17, 15) is 22.8 Å². The van der Waals surface area contributed by atoms with Crippen molar-refractivity contribution in [3.8, 4) is 0 Å². The molecule has 18 heavy (non-hydrogen) atoms. The molecule has 0 saturated carbocycles. The molecule has 0 aliphatic rings. The van der Waals surface area contributed by atoms with Gasteiger partial charge in [-0.1, -0.05) is 6.92 Å². The zero-order chi connectivity index (χ0) is 14.3. The van der Waals surface area contributed by atoms with Crippen LogP contribution in [0.1, 0.15) is 26.2 Å². The van der Waals surface area contributed by atoms with E-state index in [0.29, 0.717) is 0 Å². The first-order chi connectivity index (χ1) is 8.15. The summed E-state index contributed by atoms with van der Waals surface area (Å²) >= 11 is 0. The van der Waals surface area contributed by atoms with E-state index in [0.717, 1.165) is 4.90 Å². The smallest absolute Gasteiger partial charge is 0.391 e. The molecule has 5 nitrogen and oxygen atoms in total. The van der Waals surface area contributed by atoms with Crippen LogP contribution in [-0.4, -0.2) is 47.8 Å². The summed E-state index contributed by atoms with van der Waals surface area (Å²) in [6.45, 7) is 1.48. The van der Waals surface area contributed by atoms with Crippen LogP contribution in [0, 0.1) is 0 Å². The van der Waals surface area contributed by atoms with Crippen molar-refractivity contribution in [3.63, 3.8) is 0 Å². The highest BCUT2D eigenvalue weighted by Gasteiger charge is 2.32. The number of nitrogens with zero attached hydrogens (tertiary/aromatic N) is 1. The summed E-state index contributed by atoms with van der Waals surface area (Å²) in [5.74, 6) is -1.07. The predicted octanol–water partition coefficient (Wildman–Crippen LogP) is 1.83. The number of aliphatic carboxylic acids is 1. The van der Waals surface area contributed by atoms with Gasteiger partial charge in [0.1, 0.15) is 0 Å². The molecule has 0 bridgehead atoms. The summed E-state index contributed by atoms with van der Waals surface area (Å²) in [6, 6.07) is -1.70. The van der Waals surface area contributed by atoms with Crippen LogP contribution >= 0.6 is 0 Å². The fourth-order valence-electron chi connectivity index (χ4n) is 1.23. The largest absolute Gasteiger partial charge is 0.481 e. The van der Waals surface area contributed by atoms with Crippen LogP contribution in [0.15, 0.2) is 0 Å². The zero-order valence-corrected chi connectivity index (χ0v) is 10.3. The molecule has 1 unspecified atom stereocenters. The Morgan fingerprint density at radius 2 is 1.94 bits per heavy atom. The van der Waals surface area contributed by atoms with Crippen LogP contribution < -0.4 is 5.32 Å². The first-order valence-electron chi connectivity index (χ1n) is 5.46. The van der Waals surface area contributed by atoms with Gasteiger partial charge in [-0.25, -0.2) is 4.79 Å². The van der Waals surface area contributed by atoms with Crippen molar-refractivity contribution in [2.75, 3.05) is 13.6 Å². The van der Waals surface area contributed by atoms with E-state index in [4.69, 9.17) is 5.11 Å². The Morgan fingerprint density at radius 1 is 1.39 bits per heavy atom. The van der Waals surface area contributed by atoms with Crippen LogP contribution in [0.25, 0.3) is 0 Å². The minimum atomic E-state index is -4.34. The molecule has 2 N–H and O–H groups in total. The van der Waals surface area contributed by atoms with Crippen molar-refractivity contribution >= 4 is 12.0 Å². The Balaban J connectivity index is 4.21.